The molecule has 0 aliphatic carbocycles. The molecule has 0 heterocycles. The van der Waals surface area contributed by atoms with Crippen molar-refractivity contribution in [2.24, 2.45) is 0 Å². The third kappa shape index (κ3) is 6.75. The number of ketones is 1. The van der Waals surface area contributed by atoms with Crippen molar-refractivity contribution in [1.29, 1.82) is 0 Å². The van der Waals surface area contributed by atoms with E-state index in [2.05, 4.69) is 12.2 Å². The van der Waals surface area contributed by atoms with Gasteiger partial charge in [0.25, 0.3) is 0 Å². The quantitative estimate of drug-likeness (QED) is 0.453. The zero-order valence-corrected chi connectivity index (χ0v) is 13.1. The van der Waals surface area contributed by atoms with E-state index in [1.807, 2.05) is 14.1 Å². The first-order valence-electron chi connectivity index (χ1n) is 7.31. The molecule has 4 heteroatoms. The van der Waals surface area contributed by atoms with Gasteiger partial charge in [-0.25, -0.2) is 0 Å². The van der Waals surface area contributed by atoms with Gasteiger partial charge in [-0.2, -0.15) is 0 Å². The number of allylic oxidation sites excluding steroid dienone is 1. The number of nitrogens with one attached hydrogen (secondary N) is 1. The van der Waals surface area contributed by atoms with Crippen LogP contribution in [-0.4, -0.2) is 30.7 Å². The lowest BCUT2D eigenvalue weighted by Gasteiger charge is -2.07. The van der Waals surface area contributed by atoms with Crippen LogP contribution in [0.2, 0.25) is 0 Å². The van der Waals surface area contributed by atoms with E-state index in [9.17, 15) is 9.59 Å². The largest absolute Gasteiger partial charge is 0.383 e. The Labute approximate surface area is 126 Å². The Morgan fingerprint density at radius 1 is 1.24 bits per heavy atom. The van der Waals surface area contributed by atoms with Crippen LogP contribution in [0.3, 0.4) is 0 Å². The topological polar surface area (TPSA) is 49.4 Å². The Bertz CT molecular complexity index is 507. The van der Waals surface area contributed by atoms with Crippen molar-refractivity contribution in [1.82, 2.24) is 4.90 Å². The minimum absolute atomic E-state index is 0.00289. The normalized spacial score (nSPS) is 10.6. The van der Waals surface area contributed by atoms with Crippen LogP contribution in [0.1, 0.15) is 43.0 Å². The van der Waals surface area contributed by atoms with Crippen LogP contribution in [0.5, 0.6) is 0 Å². The molecule has 0 spiro atoms. The molecule has 0 aliphatic heterocycles. The van der Waals surface area contributed by atoms with Gasteiger partial charge in [0.15, 0.2) is 5.78 Å². The van der Waals surface area contributed by atoms with Crippen LogP contribution in [0.25, 0.3) is 0 Å². The van der Waals surface area contributed by atoms with Gasteiger partial charge < -0.3 is 10.2 Å². The molecule has 0 aliphatic rings. The zero-order valence-electron chi connectivity index (χ0n) is 13.1. The van der Waals surface area contributed by atoms with Gasteiger partial charge in [-0.3, -0.25) is 9.59 Å². The van der Waals surface area contributed by atoms with Crippen molar-refractivity contribution >= 4 is 17.4 Å². The minimum Gasteiger partial charge on any atom is -0.383 e. The predicted molar refractivity (Wildman–Crippen MR) is 86.4 cm³/mol. The molecule has 1 rings (SSSR count). The molecule has 1 amide bonds. The number of carbonyl (C=O) groups excluding carboxylic acids is 2. The highest BCUT2D eigenvalue weighted by molar-refractivity contribution is 6.05. The summed E-state index contributed by atoms with van der Waals surface area (Å²) in [5, 5.41) is 2.84. The molecule has 0 saturated heterocycles. The third-order valence-corrected chi connectivity index (χ3v) is 2.96. The van der Waals surface area contributed by atoms with Crippen molar-refractivity contribution in [2.75, 3.05) is 19.4 Å². The summed E-state index contributed by atoms with van der Waals surface area (Å²) in [4.78, 5) is 25.5. The van der Waals surface area contributed by atoms with E-state index >= 15 is 0 Å². The van der Waals surface area contributed by atoms with Gasteiger partial charge in [0, 0.05) is 44.0 Å². The van der Waals surface area contributed by atoms with Gasteiger partial charge in [-0.1, -0.05) is 31.9 Å². The molecular formula is C17H24N2O2. The van der Waals surface area contributed by atoms with Crippen LogP contribution >= 0.6 is 0 Å². The molecule has 0 bridgehead atoms. The van der Waals surface area contributed by atoms with Crippen LogP contribution in [-0.2, 0) is 4.79 Å². The number of benzene rings is 1. The molecule has 0 radical (unpaired) electrons. The van der Waals surface area contributed by atoms with E-state index in [1.165, 1.54) is 6.08 Å². The van der Waals surface area contributed by atoms with Crippen molar-refractivity contribution in [3.05, 3.63) is 42.1 Å². The van der Waals surface area contributed by atoms with Gasteiger partial charge in [0.05, 0.1) is 0 Å². The number of anilines is 1. The van der Waals surface area contributed by atoms with Gasteiger partial charge in [0.2, 0.25) is 5.91 Å². The molecule has 0 aromatic heterocycles. The van der Waals surface area contributed by atoms with Gasteiger partial charge in [-0.05, 0) is 18.6 Å². The highest BCUT2D eigenvalue weighted by atomic mass is 16.1. The average molecular weight is 288 g/mol. The van der Waals surface area contributed by atoms with Crippen LogP contribution < -0.4 is 5.32 Å². The number of unbranched alkanes of at least 4 members (excludes halogenated alkanes) is 2. The minimum atomic E-state index is -0.0780. The number of amides is 1. The summed E-state index contributed by atoms with van der Waals surface area (Å²) in [6.07, 6.45) is 6.79. The fourth-order valence-corrected chi connectivity index (χ4v) is 1.82. The molecule has 0 unspecified atom stereocenters. The maximum absolute atomic E-state index is 12.0. The number of carbonyl (C=O) groups is 2. The monoisotopic (exact) mass is 288 g/mol. The summed E-state index contributed by atoms with van der Waals surface area (Å²) in [6, 6.07) is 7.03. The van der Waals surface area contributed by atoms with Gasteiger partial charge >= 0.3 is 0 Å². The Kier molecular flexibility index (Phi) is 7.23. The maximum Gasteiger partial charge on any atom is 0.224 e. The van der Waals surface area contributed by atoms with Crippen LogP contribution in [0, 0.1) is 0 Å². The fraction of sp³-hybridized carbons (Fsp3) is 0.412. The Morgan fingerprint density at radius 2 is 2.00 bits per heavy atom. The first-order chi connectivity index (χ1) is 10.0. The molecule has 21 heavy (non-hydrogen) atoms. The van der Waals surface area contributed by atoms with Crippen molar-refractivity contribution < 1.29 is 9.59 Å². The van der Waals surface area contributed by atoms with Crippen molar-refractivity contribution in [3.8, 4) is 0 Å². The second-order valence-electron chi connectivity index (χ2n) is 5.23. The van der Waals surface area contributed by atoms with E-state index < -0.39 is 0 Å². The number of hydrogen-bond donors (Lipinski definition) is 1. The van der Waals surface area contributed by atoms with E-state index in [0.717, 1.165) is 19.3 Å². The fourth-order valence-electron chi connectivity index (χ4n) is 1.82. The molecule has 0 atom stereocenters. The molecule has 1 N–H and O–H groups in total. The Balaban J connectivity index is 2.63. The number of rotatable bonds is 8. The molecule has 0 fully saturated rings. The lowest BCUT2D eigenvalue weighted by molar-refractivity contribution is -0.116. The highest BCUT2D eigenvalue weighted by Crippen LogP contribution is 2.13. The second-order valence-corrected chi connectivity index (χ2v) is 5.23. The van der Waals surface area contributed by atoms with Crippen LogP contribution in [0.4, 0.5) is 5.69 Å². The van der Waals surface area contributed by atoms with Gasteiger partial charge in [-0.15, -0.1) is 0 Å². The average Bonchev–Trinajstić information content (AvgIpc) is 2.45. The second kappa shape index (κ2) is 8.95. The molecule has 4 nitrogen and oxygen atoms in total. The summed E-state index contributed by atoms with van der Waals surface area (Å²) in [6.45, 7) is 2.11. The number of hydrogen-bond acceptors (Lipinski definition) is 3. The third-order valence-electron chi connectivity index (χ3n) is 2.96. The summed E-state index contributed by atoms with van der Waals surface area (Å²) >= 11 is 0. The highest BCUT2D eigenvalue weighted by Gasteiger charge is 2.06. The summed E-state index contributed by atoms with van der Waals surface area (Å²) in [5.41, 5.74) is 1.24. The van der Waals surface area contributed by atoms with E-state index in [-0.39, 0.29) is 11.7 Å². The van der Waals surface area contributed by atoms with Crippen molar-refractivity contribution in [2.45, 2.75) is 32.6 Å². The lowest BCUT2D eigenvalue weighted by Crippen LogP contribution is -2.11. The van der Waals surface area contributed by atoms with Gasteiger partial charge in [0.1, 0.15) is 0 Å². The predicted octanol–water partition coefficient (Wildman–Crippen LogP) is 3.46. The molecule has 1 aromatic carbocycles. The SMILES string of the molecule is CCCCCC(=O)Nc1cccc(C(=O)C=CN(C)C)c1. The molecule has 114 valence electrons. The molecule has 1 aromatic rings. The van der Waals surface area contributed by atoms with Crippen molar-refractivity contribution in [3.63, 3.8) is 0 Å². The summed E-state index contributed by atoms with van der Waals surface area (Å²) < 4.78 is 0. The first kappa shape index (κ1) is 17.0. The van der Waals surface area contributed by atoms with Crippen LogP contribution in [0.15, 0.2) is 36.5 Å². The molecular weight excluding hydrogens is 264 g/mol. The van der Waals surface area contributed by atoms with E-state index in [0.29, 0.717) is 17.7 Å². The standard InChI is InChI=1S/C17H24N2O2/c1-4-5-6-10-17(21)18-15-9-7-8-14(13-15)16(20)11-12-19(2)3/h7-9,11-13H,4-6,10H2,1-3H3,(H,18,21). The molecule has 0 saturated carbocycles. The Hall–Kier alpha value is -2.10. The Morgan fingerprint density at radius 3 is 2.67 bits per heavy atom. The maximum atomic E-state index is 12.0. The summed E-state index contributed by atoms with van der Waals surface area (Å²) in [5.74, 6) is -0.0809. The summed E-state index contributed by atoms with van der Waals surface area (Å²) in [7, 11) is 3.72. The lowest BCUT2D eigenvalue weighted by atomic mass is 10.1. The smallest absolute Gasteiger partial charge is 0.224 e. The van der Waals surface area contributed by atoms with E-state index in [1.54, 1.807) is 35.4 Å². The number of nitrogens with zero attached hydrogens (tertiary/aromatic N) is 1. The van der Waals surface area contributed by atoms with E-state index in [4.69, 9.17) is 0 Å². The first-order valence-corrected chi connectivity index (χ1v) is 7.31. The zero-order chi connectivity index (χ0) is 15.7.